The molecule has 0 saturated heterocycles. The summed E-state index contributed by atoms with van der Waals surface area (Å²) in [5.74, 6) is 0. The van der Waals surface area contributed by atoms with Crippen LogP contribution in [0.4, 0.5) is 0 Å². The summed E-state index contributed by atoms with van der Waals surface area (Å²) in [6.45, 7) is 0. The van der Waals surface area contributed by atoms with E-state index >= 15 is 0 Å². The smallest absolute Gasteiger partial charge is 1.00 e. The Kier molecular flexibility index (Phi) is 7.45. The van der Waals surface area contributed by atoms with Gasteiger partial charge in [-0.2, -0.15) is 0 Å². The second-order valence-corrected chi connectivity index (χ2v) is 16.4. The van der Waals surface area contributed by atoms with Crippen LogP contribution < -0.4 is 24.8 Å². The molecule has 0 nitrogen and oxygen atoms in total. The van der Waals surface area contributed by atoms with Gasteiger partial charge < -0.3 is 24.8 Å². The van der Waals surface area contributed by atoms with E-state index < -0.39 is 21.3 Å². The molecule has 4 aromatic rings. The molecule has 0 heterocycles. The van der Waals surface area contributed by atoms with Gasteiger partial charge in [0.2, 0.25) is 0 Å². The van der Waals surface area contributed by atoms with E-state index in [9.17, 15) is 0 Å². The van der Waals surface area contributed by atoms with Crippen LogP contribution in [0.1, 0.15) is 34.0 Å². The van der Waals surface area contributed by atoms with Crippen molar-refractivity contribution < 1.29 is 46.1 Å². The minimum atomic E-state index is -2.04. The number of hydrogen-bond acceptors (Lipinski definition) is 0. The van der Waals surface area contributed by atoms with E-state index in [1.165, 1.54) is 52.6 Å². The molecule has 0 bridgehead atoms. The minimum Gasteiger partial charge on any atom is -1.00 e. The standard InChI is InChI=1S/C25H17.C5H5.C3H4.2ClH.Zr/c1-3-7-18(8-4-1)20-11-13-24-22(15-20)17-23-16-21(12-14-25(23)24)19-9-5-2-6-10-19;1-2-4-5-3-1;1-2-3-1;;;/h1-17H;1-3H,4H2;1-2H2;2*1H;/q;;;;;+2/p-2. The zero-order valence-corrected chi connectivity index (χ0v) is 23.9. The third-order valence-electron chi connectivity index (χ3n) is 7.52. The third kappa shape index (κ3) is 4.47. The van der Waals surface area contributed by atoms with Crippen LogP contribution in [0.25, 0.3) is 33.4 Å². The number of rotatable bonds is 4. The molecule has 3 heteroatoms. The largest absolute Gasteiger partial charge is 1.00 e. The fraction of sp³-hybridized carbons (Fsp3) is 0.121. The molecule has 0 N–H and O–H groups in total. The molecule has 7 rings (SSSR count). The SMILES string of the molecule is C1=CC[C]([Zr+2](=[C]2CC2)[CH]2c3cc(-c4ccccc4)ccc3-c3ccc(-c4ccccc4)cc32)=C1.[Cl-].[Cl-]. The van der Waals surface area contributed by atoms with Crippen LogP contribution >= 0.6 is 0 Å². The van der Waals surface area contributed by atoms with Gasteiger partial charge >= 0.3 is 210 Å². The molecule has 36 heavy (non-hydrogen) atoms. The molecule has 0 aromatic heterocycles. The first-order chi connectivity index (χ1) is 16.9. The summed E-state index contributed by atoms with van der Waals surface area (Å²) in [4.78, 5) is 0. The Hall–Kier alpha value is -2.31. The monoisotopic (exact) mass is 582 g/mol. The summed E-state index contributed by atoms with van der Waals surface area (Å²) in [6.07, 6.45) is 11.1. The van der Waals surface area contributed by atoms with E-state index in [0.717, 1.165) is 0 Å². The average molecular weight is 585 g/mol. The zero-order chi connectivity index (χ0) is 22.5. The molecule has 1 fully saturated rings. The first kappa shape index (κ1) is 25.3. The van der Waals surface area contributed by atoms with Gasteiger partial charge in [-0.05, 0) is 0 Å². The second-order valence-electron chi connectivity index (χ2n) is 9.61. The van der Waals surface area contributed by atoms with Crippen molar-refractivity contribution in [2.45, 2.75) is 22.9 Å². The molecular formula is C33H26Cl2Zr. The van der Waals surface area contributed by atoms with E-state index in [2.05, 4.69) is 115 Å². The number of fused-ring (bicyclic) bond motifs is 3. The van der Waals surface area contributed by atoms with Gasteiger partial charge in [-0.3, -0.25) is 0 Å². The van der Waals surface area contributed by atoms with Gasteiger partial charge in [0.25, 0.3) is 0 Å². The van der Waals surface area contributed by atoms with Crippen molar-refractivity contribution >= 4 is 3.21 Å². The zero-order valence-electron chi connectivity index (χ0n) is 19.9. The van der Waals surface area contributed by atoms with E-state index in [0.29, 0.717) is 3.63 Å². The molecule has 0 unspecified atom stereocenters. The number of benzene rings is 4. The van der Waals surface area contributed by atoms with Crippen molar-refractivity contribution in [1.82, 2.24) is 0 Å². The molecule has 0 atom stereocenters. The van der Waals surface area contributed by atoms with Gasteiger partial charge in [0.05, 0.1) is 0 Å². The van der Waals surface area contributed by atoms with Crippen LogP contribution in [0.15, 0.2) is 119 Å². The molecule has 1 saturated carbocycles. The first-order valence-corrected chi connectivity index (χ1v) is 16.2. The summed E-state index contributed by atoms with van der Waals surface area (Å²) in [6, 6.07) is 36.3. The van der Waals surface area contributed by atoms with Gasteiger partial charge in [-0.15, -0.1) is 0 Å². The fourth-order valence-electron chi connectivity index (χ4n) is 5.79. The van der Waals surface area contributed by atoms with Crippen LogP contribution in [-0.2, 0) is 21.3 Å². The Labute approximate surface area is 233 Å². The van der Waals surface area contributed by atoms with Crippen LogP contribution in [0, 0.1) is 0 Å². The van der Waals surface area contributed by atoms with Crippen molar-refractivity contribution in [1.29, 1.82) is 0 Å². The molecule has 176 valence electrons. The maximum atomic E-state index is 2.53. The Morgan fingerprint density at radius 1 is 0.583 bits per heavy atom. The maximum absolute atomic E-state index is 2.53. The number of allylic oxidation sites excluding steroid dienone is 4. The maximum Gasteiger partial charge on any atom is -1.00 e. The summed E-state index contributed by atoms with van der Waals surface area (Å²) < 4.78 is 4.30. The normalized spacial score (nSPS) is 14.6. The molecule has 3 aliphatic carbocycles. The predicted octanol–water partition coefficient (Wildman–Crippen LogP) is 2.53. The summed E-state index contributed by atoms with van der Waals surface area (Å²) >= 11 is -2.04. The number of hydrogen-bond donors (Lipinski definition) is 0. The van der Waals surface area contributed by atoms with E-state index in [1.807, 2.05) is 3.21 Å². The van der Waals surface area contributed by atoms with Crippen LogP contribution in [0.3, 0.4) is 0 Å². The van der Waals surface area contributed by atoms with Gasteiger partial charge in [0.15, 0.2) is 0 Å². The minimum absolute atomic E-state index is 0. The third-order valence-corrected chi connectivity index (χ3v) is 16.2. The summed E-state index contributed by atoms with van der Waals surface area (Å²) in [7, 11) is 0. The predicted molar refractivity (Wildman–Crippen MR) is 141 cm³/mol. The Bertz CT molecular complexity index is 1420. The van der Waals surface area contributed by atoms with Gasteiger partial charge in [0, 0.05) is 0 Å². The summed E-state index contributed by atoms with van der Waals surface area (Å²) in [5.41, 5.74) is 11.4. The average Bonchev–Trinajstić information content (AvgIpc) is 3.50. The van der Waals surface area contributed by atoms with Crippen LogP contribution in [-0.4, -0.2) is 3.21 Å². The van der Waals surface area contributed by atoms with E-state index in [1.54, 1.807) is 14.4 Å². The number of halogens is 2. The Morgan fingerprint density at radius 2 is 1.11 bits per heavy atom. The first-order valence-electron chi connectivity index (χ1n) is 12.3. The van der Waals surface area contributed by atoms with E-state index in [-0.39, 0.29) is 24.8 Å². The quantitative estimate of drug-likeness (QED) is 0.346. The Balaban J connectivity index is 0.00000133. The Morgan fingerprint density at radius 3 is 1.56 bits per heavy atom. The molecule has 3 aliphatic rings. The van der Waals surface area contributed by atoms with Gasteiger partial charge in [0.1, 0.15) is 0 Å². The van der Waals surface area contributed by atoms with Gasteiger partial charge in [-0.25, -0.2) is 0 Å². The summed E-state index contributed by atoms with van der Waals surface area (Å²) in [5, 5.41) is 0. The van der Waals surface area contributed by atoms with Crippen molar-refractivity contribution in [2.75, 3.05) is 0 Å². The van der Waals surface area contributed by atoms with Crippen molar-refractivity contribution in [3.05, 3.63) is 130 Å². The van der Waals surface area contributed by atoms with E-state index in [4.69, 9.17) is 0 Å². The van der Waals surface area contributed by atoms with Crippen molar-refractivity contribution in [2.24, 2.45) is 0 Å². The fourth-order valence-corrected chi connectivity index (χ4v) is 14.7. The molecule has 0 radical (unpaired) electrons. The topological polar surface area (TPSA) is 0 Å². The molecule has 0 aliphatic heterocycles. The van der Waals surface area contributed by atoms with Crippen LogP contribution in [0.2, 0.25) is 0 Å². The molecule has 4 aromatic carbocycles. The molecular weight excluding hydrogens is 558 g/mol. The van der Waals surface area contributed by atoms with Gasteiger partial charge in [-0.1, -0.05) is 0 Å². The van der Waals surface area contributed by atoms with Crippen molar-refractivity contribution in [3.63, 3.8) is 0 Å². The van der Waals surface area contributed by atoms with Crippen molar-refractivity contribution in [3.8, 4) is 33.4 Å². The second kappa shape index (κ2) is 10.6. The molecule has 0 amide bonds. The van der Waals surface area contributed by atoms with Crippen LogP contribution in [0.5, 0.6) is 0 Å². The molecule has 0 spiro atoms.